The molecule has 238 valence electrons. The molecule has 3 aromatic carbocycles. The minimum Gasteiger partial charge on any atom is -0.493 e. The van der Waals surface area contributed by atoms with Crippen molar-refractivity contribution in [2.45, 2.75) is 25.1 Å². The molecule has 9 nitrogen and oxygen atoms in total. The van der Waals surface area contributed by atoms with Crippen molar-refractivity contribution in [1.82, 2.24) is 9.88 Å². The number of hydrogen-bond acceptors (Lipinski definition) is 7. The zero-order chi connectivity index (χ0) is 32.3. The second-order valence-electron chi connectivity index (χ2n) is 10.7. The first-order chi connectivity index (χ1) is 21.5. The molecule has 0 unspecified atom stereocenters. The molecule has 2 amide bonds. The highest BCUT2D eigenvalue weighted by Crippen LogP contribution is 2.40. The highest BCUT2D eigenvalue weighted by Gasteiger charge is 2.36. The van der Waals surface area contributed by atoms with Crippen molar-refractivity contribution in [3.63, 3.8) is 0 Å². The Labute approximate surface area is 257 Å². The second-order valence-corrected chi connectivity index (χ2v) is 10.7. The normalized spacial score (nSPS) is 14.2. The van der Waals surface area contributed by atoms with E-state index in [4.69, 9.17) is 14.2 Å². The van der Waals surface area contributed by atoms with E-state index in [9.17, 15) is 18.0 Å². The Bertz CT molecular complexity index is 1690. The molecule has 45 heavy (non-hydrogen) atoms. The highest BCUT2D eigenvalue weighted by atomic mass is 19.4. The van der Waals surface area contributed by atoms with Gasteiger partial charge in [0.15, 0.2) is 11.5 Å². The highest BCUT2D eigenvalue weighted by molar-refractivity contribution is 6.00. The third-order valence-electron chi connectivity index (χ3n) is 7.80. The number of rotatable bonds is 8. The van der Waals surface area contributed by atoms with E-state index in [2.05, 4.69) is 20.5 Å². The SMILES string of the molecule is COc1cc2nccc(Oc3ccc(NC(=O)Nc4ccc(N(C)C5CCN(C)CC5)c(C(F)(F)F)c4)c(F)c3)c2cc1OC. The number of nitrogens with zero attached hydrogens (tertiary/aromatic N) is 3. The number of carbonyl (C=O) groups is 1. The Morgan fingerprint density at radius 1 is 0.956 bits per heavy atom. The van der Waals surface area contributed by atoms with E-state index in [1.165, 1.54) is 44.7 Å². The van der Waals surface area contributed by atoms with Gasteiger partial charge in [0.2, 0.25) is 0 Å². The molecular formula is C32H33F4N5O4. The lowest BCUT2D eigenvalue weighted by molar-refractivity contribution is -0.137. The van der Waals surface area contributed by atoms with E-state index in [1.54, 1.807) is 30.1 Å². The van der Waals surface area contributed by atoms with Crippen LogP contribution in [-0.4, -0.2) is 63.4 Å². The fourth-order valence-corrected chi connectivity index (χ4v) is 5.34. The van der Waals surface area contributed by atoms with Gasteiger partial charge in [0.1, 0.15) is 17.3 Å². The van der Waals surface area contributed by atoms with E-state index >= 15 is 4.39 Å². The predicted molar refractivity (Wildman–Crippen MR) is 164 cm³/mol. The number of fused-ring (bicyclic) bond motifs is 1. The summed E-state index contributed by atoms with van der Waals surface area (Å²) in [5, 5.41) is 5.31. The van der Waals surface area contributed by atoms with Crippen LogP contribution in [0, 0.1) is 5.82 Å². The summed E-state index contributed by atoms with van der Waals surface area (Å²) < 4.78 is 73.8. The van der Waals surface area contributed by atoms with E-state index in [-0.39, 0.29) is 28.9 Å². The number of ether oxygens (including phenoxy) is 3. The first kappa shape index (κ1) is 31.6. The fourth-order valence-electron chi connectivity index (χ4n) is 5.34. The molecule has 2 N–H and O–H groups in total. The van der Waals surface area contributed by atoms with Crippen molar-refractivity contribution in [1.29, 1.82) is 0 Å². The number of likely N-dealkylation sites (tertiary alicyclic amines) is 1. The van der Waals surface area contributed by atoms with Gasteiger partial charge in [-0.25, -0.2) is 9.18 Å². The van der Waals surface area contributed by atoms with Crippen LogP contribution in [0.5, 0.6) is 23.0 Å². The van der Waals surface area contributed by atoms with Crippen LogP contribution >= 0.6 is 0 Å². The summed E-state index contributed by atoms with van der Waals surface area (Å²) in [5.74, 6) is 0.649. The number of aromatic nitrogens is 1. The molecule has 0 radical (unpaired) electrons. The Morgan fingerprint density at radius 2 is 1.67 bits per heavy atom. The summed E-state index contributed by atoms with van der Waals surface area (Å²) in [5.41, 5.74) is -0.549. The average molecular weight is 628 g/mol. The molecule has 1 aromatic heterocycles. The minimum absolute atomic E-state index is 0.0317. The smallest absolute Gasteiger partial charge is 0.418 e. The Morgan fingerprint density at radius 3 is 2.33 bits per heavy atom. The van der Waals surface area contributed by atoms with Gasteiger partial charge in [-0.15, -0.1) is 0 Å². The number of hydrogen-bond donors (Lipinski definition) is 2. The topological polar surface area (TPSA) is 88.2 Å². The number of alkyl halides is 3. The van der Waals surface area contributed by atoms with Gasteiger partial charge < -0.3 is 34.6 Å². The third kappa shape index (κ3) is 7.14. The molecule has 0 atom stereocenters. The van der Waals surface area contributed by atoms with Gasteiger partial charge in [-0.2, -0.15) is 13.2 Å². The second kappa shape index (κ2) is 13.1. The molecule has 0 saturated carbocycles. The molecule has 5 rings (SSSR count). The van der Waals surface area contributed by atoms with Crippen LogP contribution < -0.4 is 29.7 Å². The van der Waals surface area contributed by atoms with E-state index in [1.807, 2.05) is 7.05 Å². The maximum atomic E-state index is 15.0. The molecular weight excluding hydrogens is 594 g/mol. The molecule has 0 bridgehead atoms. The summed E-state index contributed by atoms with van der Waals surface area (Å²) in [7, 11) is 6.64. The van der Waals surface area contributed by atoms with Crippen LogP contribution in [-0.2, 0) is 6.18 Å². The number of benzene rings is 3. The molecule has 0 aliphatic carbocycles. The largest absolute Gasteiger partial charge is 0.493 e. The molecule has 1 fully saturated rings. The van der Waals surface area contributed by atoms with Gasteiger partial charge in [0, 0.05) is 48.2 Å². The van der Waals surface area contributed by atoms with Crippen molar-refractivity contribution < 1.29 is 36.6 Å². The lowest BCUT2D eigenvalue weighted by atomic mass is 10.0. The Kier molecular flexibility index (Phi) is 9.19. The lowest BCUT2D eigenvalue weighted by Gasteiger charge is -2.37. The summed E-state index contributed by atoms with van der Waals surface area (Å²) >= 11 is 0. The van der Waals surface area contributed by atoms with Crippen molar-refractivity contribution in [3.05, 3.63) is 72.2 Å². The molecule has 1 saturated heterocycles. The van der Waals surface area contributed by atoms with Gasteiger partial charge in [-0.1, -0.05) is 0 Å². The zero-order valence-corrected chi connectivity index (χ0v) is 25.2. The average Bonchev–Trinajstić information content (AvgIpc) is 3.01. The van der Waals surface area contributed by atoms with Gasteiger partial charge in [0.05, 0.1) is 31.0 Å². The summed E-state index contributed by atoms with van der Waals surface area (Å²) in [4.78, 5) is 20.8. The van der Waals surface area contributed by atoms with Crippen molar-refractivity contribution in [2.24, 2.45) is 0 Å². The maximum Gasteiger partial charge on any atom is 0.418 e. The number of methoxy groups -OCH3 is 2. The lowest BCUT2D eigenvalue weighted by Crippen LogP contribution is -2.42. The Balaban J connectivity index is 1.29. The number of pyridine rings is 1. The number of nitrogens with one attached hydrogen (secondary N) is 2. The number of anilines is 3. The van der Waals surface area contributed by atoms with Crippen molar-refractivity contribution in [2.75, 3.05) is 56.9 Å². The summed E-state index contributed by atoms with van der Waals surface area (Å²) in [6.07, 6.45) is -1.64. The number of halogens is 4. The molecule has 1 aliphatic heterocycles. The van der Waals surface area contributed by atoms with Gasteiger partial charge >= 0.3 is 12.2 Å². The number of piperidine rings is 1. The van der Waals surface area contributed by atoms with E-state index in [0.29, 0.717) is 28.2 Å². The van der Waals surface area contributed by atoms with Crippen LogP contribution in [0.25, 0.3) is 10.9 Å². The molecule has 4 aromatic rings. The summed E-state index contributed by atoms with van der Waals surface area (Å²) in [6, 6.07) is 11.5. The van der Waals surface area contributed by atoms with Crippen LogP contribution in [0.3, 0.4) is 0 Å². The molecule has 1 aliphatic rings. The molecule has 13 heteroatoms. The van der Waals surface area contributed by atoms with Crippen LogP contribution in [0.2, 0.25) is 0 Å². The van der Waals surface area contributed by atoms with Gasteiger partial charge in [-0.05, 0) is 75.4 Å². The number of amides is 2. The van der Waals surface area contributed by atoms with Crippen molar-refractivity contribution in [3.8, 4) is 23.0 Å². The van der Waals surface area contributed by atoms with E-state index in [0.717, 1.165) is 38.1 Å². The number of urea groups is 1. The fraction of sp³-hybridized carbons (Fsp3) is 0.312. The molecule has 0 spiro atoms. The quantitative estimate of drug-likeness (QED) is 0.197. The zero-order valence-electron chi connectivity index (χ0n) is 25.2. The van der Waals surface area contributed by atoms with Crippen molar-refractivity contribution >= 4 is 34.0 Å². The van der Waals surface area contributed by atoms with Crippen LogP contribution in [0.1, 0.15) is 18.4 Å². The number of carbonyl (C=O) groups excluding carboxylic acids is 1. The maximum absolute atomic E-state index is 15.0. The van der Waals surface area contributed by atoms with Crippen LogP contribution in [0.4, 0.5) is 39.4 Å². The standard InChI is InChI=1S/C32H33F4N5O4/c1-40-13-10-20(11-14-40)41(2)27-8-5-19(15-23(27)32(34,35)36)38-31(42)39-25-7-6-21(16-24(25)33)45-28-9-12-37-26-18-30(44-4)29(43-3)17-22(26)28/h5-9,12,15-18,20H,10-11,13-14H2,1-4H3,(H2,38,39,42). The monoisotopic (exact) mass is 627 g/mol. The first-order valence-electron chi connectivity index (χ1n) is 14.2. The Hall–Kier alpha value is -4.78. The van der Waals surface area contributed by atoms with Gasteiger partial charge in [-0.3, -0.25) is 4.98 Å². The van der Waals surface area contributed by atoms with Crippen LogP contribution in [0.15, 0.2) is 60.8 Å². The van der Waals surface area contributed by atoms with E-state index < -0.39 is 23.6 Å². The molecule has 2 heterocycles. The first-order valence-corrected chi connectivity index (χ1v) is 14.2. The minimum atomic E-state index is -4.65. The third-order valence-corrected chi connectivity index (χ3v) is 7.80. The predicted octanol–water partition coefficient (Wildman–Crippen LogP) is 7.38. The summed E-state index contributed by atoms with van der Waals surface area (Å²) in [6.45, 7) is 1.59. The van der Waals surface area contributed by atoms with Gasteiger partial charge in [0.25, 0.3) is 0 Å².